The monoisotopic (exact) mass is 518 g/mol. The van der Waals surface area contributed by atoms with Crippen molar-refractivity contribution in [3.05, 3.63) is 112 Å². The first kappa shape index (κ1) is 22.1. The van der Waals surface area contributed by atoms with Crippen LogP contribution in [0.2, 0.25) is 0 Å². The van der Waals surface area contributed by atoms with Crippen molar-refractivity contribution in [1.82, 2.24) is 9.88 Å². The van der Waals surface area contributed by atoms with E-state index in [1.807, 2.05) is 30.5 Å². The van der Waals surface area contributed by atoms with Crippen LogP contribution in [0.25, 0.3) is 16.7 Å². The molecule has 1 atom stereocenters. The van der Waals surface area contributed by atoms with Crippen LogP contribution >= 0.6 is 15.9 Å². The van der Waals surface area contributed by atoms with E-state index >= 15 is 0 Å². The van der Waals surface area contributed by atoms with Crippen LogP contribution in [0, 0.1) is 5.82 Å². The Morgan fingerprint density at radius 2 is 1.79 bits per heavy atom. The molecular formula is C27H20BrFN2O3. The zero-order valence-corrected chi connectivity index (χ0v) is 19.5. The number of amides is 1. The largest absolute Gasteiger partial charge is 0.507 e. The minimum absolute atomic E-state index is 0.0446. The van der Waals surface area contributed by atoms with Gasteiger partial charge in [0.05, 0.1) is 11.6 Å². The number of benzene rings is 3. The van der Waals surface area contributed by atoms with Gasteiger partial charge in [-0.05, 0) is 47.9 Å². The lowest BCUT2D eigenvalue weighted by atomic mass is 9.95. The number of nitrogens with one attached hydrogen (secondary N) is 1. The minimum atomic E-state index is -0.899. The number of hydrogen-bond acceptors (Lipinski definition) is 3. The smallest absolute Gasteiger partial charge is 0.295 e. The first-order valence-corrected chi connectivity index (χ1v) is 11.6. The van der Waals surface area contributed by atoms with E-state index in [9.17, 15) is 19.1 Å². The predicted octanol–water partition coefficient (Wildman–Crippen LogP) is 5.73. The van der Waals surface area contributed by atoms with Gasteiger partial charge in [-0.15, -0.1) is 0 Å². The minimum Gasteiger partial charge on any atom is -0.507 e. The Kier molecular flexibility index (Phi) is 5.79. The number of halogens is 2. The van der Waals surface area contributed by atoms with Gasteiger partial charge in [-0.1, -0.05) is 58.4 Å². The van der Waals surface area contributed by atoms with Gasteiger partial charge in [-0.2, -0.15) is 0 Å². The fourth-order valence-corrected chi connectivity index (χ4v) is 4.74. The van der Waals surface area contributed by atoms with E-state index < -0.39 is 23.5 Å². The number of carbonyl (C=O) groups excluding carboxylic acids is 2. The summed E-state index contributed by atoms with van der Waals surface area (Å²) in [5.74, 6) is -2.26. The predicted molar refractivity (Wildman–Crippen MR) is 132 cm³/mol. The second-order valence-corrected chi connectivity index (χ2v) is 9.08. The molecule has 2 N–H and O–H groups in total. The zero-order valence-electron chi connectivity index (χ0n) is 18.0. The molecule has 4 aromatic rings. The Morgan fingerprint density at radius 3 is 2.56 bits per heavy atom. The SMILES string of the molecule is O=C1C(=O)N(CCc2c[nH]c3ccccc23)C(c2cccc(F)c2)/C1=C(/O)c1ccc(Br)cc1. The summed E-state index contributed by atoms with van der Waals surface area (Å²) in [5, 5.41) is 12.1. The number of ketones is 1. The van der Waals surface area contributed by atoms with E-state index in [1.165, 1.54) is 23.1 Å². The van der Waals surface area contributed by atoms with E-state index in [0.29, 0.717) is 17.5 Å². The third kappa shape index (κ3) is 3.92. The fourth-order valence-electron chi connectivity index (χ4n) is 4.48. The molecular weight excluding hydrogens is 499 g/mol. The van der Waals surface area contributed by atoms with E-state index in [1.54, 1.807) is 30.3 Å². The third-order valence-electron chi connectivity index (χ3n) is 6.12. The fraction of sp³-hybridized carbons (Fsp3) is 0.111. The lowest BCUT2D eigenvalue weighted by Gasteiger charge is -2.25. The topological polar surface area (TPSA) is 73.4 Å². The number of hydrogen-bond donors (Lipinski definition) is 2. The van der Waals surface area contributed by atoms with Gasteiger partial charge in [0, 0.05) is 33.7 Å². The first-order chi connectivity index (χ1) is 16.4. The third-order valence-corrected chi connectivity index (χ3v) is 6.65. The standard InChI is InChI=1S/C27H20BrFN2O3/c28-19-10-8-16(9-11-19)25(32)23-24(17-4-3-5-20(29)14-17)31(27(34)26(23)33)13-12-18-15-30-22-7-2-1-6-21(18)22/h1-11,14-15,24,30,32H,12-13H2/b25-23-. The van der Waals surface area contributed by atoms with E-state index in [0.717, 1.165) is 20.9 Å². The van der Waals surface area contributed by atoms with Crippen molar-refractivity contribution in [2.75, 3.05) is 6.54 Å². The Bertz CT molecular complexity index is 1440. The van der Waals surface area contributed by atoms with Gasteiger partial charge in [-0.25, -0.2) is 4.39 Å². The summed E-state index contributed by atoms with van der Waals surface area (Å²) >= 11 is 3.35. The number of carbonyl (C=O) groups is 2. The first-order valence-electron chi connectivity index (χ1n) is 10.8. The maximum atomic E-state index is 14.1. The molecule has 7 heteroatoms. The van der Waals surface area contributed by atoms with Crippen LogP contribution < -0.4 is 0 Å². The molecule has 1 fully saturated rings. The van der Waals surface area contributed by atoms with Gasteiger partial charge < -0.3 is 15.0 Å². The molecule has 1 aromatic heterocycles. The molecule has 1 unspecified atom stereocenters. The molecule has 1 amide bonds. The van der Waals surface area contributed by atoms with Crippen molar-refractivity contribution < 1.29 is 19.1 Å². The lowest BCUT2D eigenvalue weighted by Crippen LogP contribution is -2.31. The van der Waals surface area contributed by atoms with Crippen molar-refractivity contribution in [1.29, 1.82) is 0 Å². The molecule has 34 heavy (non-hydrogen) atoms. The summed E-state index contributed by atoms with van der Waals surface area (Å²) in [4.78, 5) is 30.9. The van der Waals surface area contributed by atoms with Crippen molar-refractivity contribution in [2.45, 2.75) is 12.5 Å². The molecule has 1 aliphatic heterocycles. The normalized spacial score (nSPS) is 17.6. The average Bonchev–Trinajstić information content (AvgIpc) is 3.36. The average molecular weight is 519 g/mol. The molecule has 2 heterocycles. The van der Waals surface area contributed by atoms with Crippen LogP contribution in [-0.2, 0) is 16.0 Å². The molecule has 5 rings (SSSR count). The zero-order chi connectivity index (χ0) is 23.8. The number of aliphatic hydroxyl groups is 1. The van der Waals surface area contributed by atoms with E-state index in [2.05, 4.69) is 20.9 Å². The van der Waals surface area contributed by atoms with Crippen molar-refractivity contribution in [2.24, 2.45) is 0 Å². The van der Waals surface area contributed by atoms with Crippen LogP contribution in [0.3, 0.4) is 0 Å². The maximum Gasteiger partial charge on any atom is 0.295 e. The molecule has 0 bridgehead atoms. The highest BCUT2D eigenvalue weighted by atomic mass is 79.9. The van der Waals surface area contributed by atoms with E-state index in [4.69, 9.17) is 0 Å². The number of Topliss-reactive ketones (excluding diaryl/α,β-unsaturated/α-hetero) is 1. The van der Waals surface area contributed by atoms with Crippen molar-refractivity contribution >= 4 is 44.3 Å². The van der Waals surface area contributed by atoms with Gasteiger partial charge in [0.2, 0.25) is 0 Å². The van der Waals surface area contributed by atoms with Gasteiger partial charge in [0.15, 0.2) is 0 Å². The van der Waals surface area contributed by atoms with Crippen molar-refractivity contribution in [3.8, 4) is 0 Å². The number of nitrogens with zero attached hydrogens (tertiary/aromatic N) is 1. The Balaban J connectivity index is 1.57. The maximum absolute atomic E-state index is 14.1. The molecule has 0 spiro atoms. The Labute approximate surface area is 203 Å². The molecule has 1 aliphatic rings. The van der Waals surface area contributed by atoms with E-state index in [-0.39, 0.29) is 17.9 Å². The number of likely N-dealkylation sites (tertiary alicyclic amines) is 1. The van der Waals surface area contributed by atoms with Crippen LogP contribution in [0.1, 0.15) is 22.7 Å². The highest BCUT2D eigenvalue weighted by Gasteiger charge is 2.46. The Morgan fingerprint density at radius 1 is 1.03 bits per heavy atom. The van der Waals surface area contributed by atoms with Gasteiger partial charge in [0.1, 0.15) is 11.6 Å². The molecule has 1 saturated heterocycles. The van der Waals surface area contributed by atoms with Gasteiger partial charge in [0.25, 0.3) is 11.7 Å². The summed E-state index contributed by atoms with van der Waals surface area (Å²) in [6.45, 7) is 0.227. The highest BCUT2D eigenvalue weighted by Crippen LogP contribution is 2.40. The number of H-pyrrole nitrogens is 1. The van der Waals surface area contributed by atoms with Crippen LogP contribution in [0.5, 0.6) is 0 Å². The lowest BCUT2D eigenvalue weighted by molar-refractivity contribution is -0.139. The molecule has 0 radical (unpaired) electrons. The molecule has 0 aliphatic carbocycles. The number of para-hydroxylation sites is 1. The summed E-state index contributed by atoms with van der Waals surface area (Å²) < 4.78 is 15.0. The number of aliphatic hydroxyl groups excluding tert-OH is 1. The molecule has 0 saturated carbocycles. The molecule has 170 valence electrons. The van der Waals surface area contributed by atoms with Crippen LogP contribution in [-0.4, -0.2) is 33.2 Å². The summed E-state index contributed by atoms with van der Waals surface area (Å²) in [5.41, 5.74) is 2.77. The highest BCUT2D eigenvalue weighted by molar-refractivity contribution is 9.10. The summed E-state index contributed by atoms with van der Waals surface area (Å²) in [7, 11) is 0. The summed E-state index contributed by atoms with van der Waals surface area (Å²) in [6, 6.07) is 19.5. The number of fused-ring (bicyclic) bond motifs is 1. The van der Waals surface area contributed by atoms with Crippen LogP contribution in [0.15, 0.2) is 89.0 Å². The second-order valence-electron chi connectivity index (χ2n) is 8.16. The van der Waals surface area contributed by atoms with Crippen LogP contribution in [0.4, 0.5) is 4.39 Å². The summed E-state index contributed by atoms with van der Waals surface area (Å²) in [6.07, 6.45) is 2.38. The van der Waals surface area contributed by atoms with Crippen molar-refractivity contribution in [3.63, 3.8) is 0 Å². The number of aromatic nitrogens is 1. The second kappa shape index (κ2) is 8.91. The number of rotatable bonds is 5. The van der Waals surface area contributed by atoms with Gasteiger partial charge >= 0.3 is 0 Å². The Hall–Kier alpha value is -3.71. The van der Waals surface area contributed by atoms with Gasteiger partial charge in [-0.3, -0.25) is 9.59 Å². The molecule has 5 nitrogen and oxygen atoms in total. The molecule has 3 aromatic carbocycles. The quantitative estimate of drug-likeness (QED) is 0.201. The number of aromatic amines is 1.